The monoisotopic (exact) mass is 510 g/mol. The van der Waals surface area contributed by atoms with Crippen molar-refractivity contribution in [1.82, 2.24) is 4.57 Å². The number of carbonyl (C=O) groups is 1. The first kappa shape index (κ1) is 23.2. The van der Waals surface area contributed by atoms with Gasteiger partial charge in [-0.3, -0.25) is 0 Å². The average molecular weight is 511 g/mol. The molecule has 174 valence electrons. The molecule has 0 fully saturated rings. The predicted molar refractivity (Wildman–Crippen MR) is 142 cm³/mol. The van der Waals surface area contributed by atoms with Gasteiger partial charge in [0, 0.05) is 40.3 Å². The van der Waals surface area contributed by atoms with E-state index in [2.05, 4.69) is 22.9 Å². The summed E-state index contributed by atoms with van der Waals surface area (Å²) in [5.41, 5.74) is 4.94. The molecule has 4 nitrogen and oxygen atoms in total. The molecule has 0 radical (unpaired) electrons. The van der Waals surface area contributed by atoms with Crippen molar-refractivity contribution in [3.63, 3.8) is 0 Å². The minimum atomic E-state index is -0.268. The summed E-state index contributed by atoms with van der Waals surface area (Å²) in [5.74, 6) is -0.268. The molecule has 1 aliphatic carbocycles. The molecule has 0 N–H and O–H groups in total. The Morgan fingerprint density at radius 2 is 1.97 bits per heavy atom. The zero-order chi connectivity index (χ0) is 23.7. The number of hydrogen-bond acceptors (Lipinski definition) is 4. The molecule has 7 heteroatoms. The van der Waals surface area contributed by atoms with E-state index in [9.17, 15) is 4.79 Å². The van der Waals surface area contributed by atoms with E-state index in [1.54, 1.807) is 11.3 Å². The molecule has 34 heavy (non-hydrogen) atoms. The number of nitrogens with zero attached hydrogens (tertiary/aromatic N) is 2. The van der Waals surface area contributed by atoms with Gasteiger partial charge in [0.1, 0.15) is 5.00 Å². The largest absolute Gasteiger partial charge is 0.462 e. The molecule has 0 amide bonds. The Labute approximate surface area is 212 Å². The molecule has 2 heterocycles. The molecule has 0 saturated carbocycles. The summed E-state index contributed by atoms with van der Waals surface area (Å²) in [6, 6.07) is 13.9. The molecule has 0 spiro atoms. The van der Waals surface area contributed by atoms with Crippen molar-refractivity contribution in [1.29, 1.82) is 0 Å². The van der Waals surface area contributed by atoms with Gasteiger partial charge in [0.05, 0.1) is 22.2 Å². The third-order valence-corrected chi connectivity index (χ3v) is 8.05. The second-order valence-electron chi connectivity index (χ2n) is 8.35. The minimum Gasteiger partial charge on any atom is -0.462 e. The molecule has 2 aromatic heterocycles. The van der Waals surface area contributed by atoms with Crippen LogP contribution in [0.3, 0.4) is 0 Å². The Kier molecular flexibility index (Phi) is 6.77. The van der Waals surface area contributed by atoms with Gasteiger partial charge in [-0.05, 0) is 61.9 Å². The SMILES string of the molecule is CCOC(=O)c1c(N=Cc2cn(Cc3ccc(Cl)c(Cl)c3)c3ccccc23)sc2c1CCCC2. The van der Waals surface area contributed by atoms with Gasteiger partial charge in [0.25, 0.3) is 0 Å². The van der Waals surface area contributed by atoms with Crippen LogP contribution in [0.2, 0.25) is 10.0 Å². The van der Waals surface area contributed by atoms with Gasteiger partial charge in [-0.15, -0.1) is 11.3 Å². The van der Waals surface area contributed by atoms with Crippen LogP contribution in [0.25, 0.3) is 10.9 Å². The highest BCUT2D eigenvalue weighted by Crippen LogP contribution is 2.40. The molecule has 5 rings (SSSR count). The molecule has 0 saturated heterocycles. The van der Waals surface area contributed by atoms with Crippen LogP contribution in [-0.4, -0.2) is 23.4 Å². The number of aryl methyl sites for hydroxylation is 1. The Balaban J connectivity index is 1.52. The van der Waals surface area contributed by atoms with Gasteiger partial charge < -0.3 is 9.30 Å². The first-order valence-corrected chi connectivity index (χ1v) is 13.0. The van der Waals surface area contributed by atoms with Gasteiger partial charge in [-0.25, -0.2) is 9.79 Å². The number of carbonyl (C=O) groups excluding carboxylic acids is 1. The summed E-state index contributed by atoms with van der Waals surface area (Å²) < 4.78 is 7.56. The fourth-order valence-electron chi connectivity index (χ4n) is 4.53. The van der Waals surface area contributed by atoms with Crippen molar-refractivity contribution >= 4 is 62.6 Å². The lowest BCUT2D eigenvalue weighted by molar-refractivity contribution is 0.0526. The molecular weight excluding hydrogens is 487 g/mol. The quantitative estimate of drug-likeness (QED) is 0.195. The van der Waals surface area contributed by atoms with Crippen molar-refractivity contribution in [3.8, 4) is 0 Å². The Morgan fingerprint density at radius 1 is 1.15 bits per heavy atom. The fourth-order valence-corrected chi connectivity index (χ4v) is 6.07. The zero-order valence-corrected chi connectivity index (χ0v) is 21.1. The van der Waals surface area contributed by atoms with Gasteiger partial charge >= 0.3 is 5.97 Å². The lowest BCUT2D eigenvalue weighted by Gasteiger charge is -2.11. The second kappa shape index (κ2) is 9.95. The first-order chi connectivity index (χ1) is 16.5. The third kappa shape index (κ3) is 4.52. The number of ether oxygens (including phenoxy) is 1. The highest BCUT2D eigenvalue weighted by molar-refractivity contribution is 7.16. The van der Waals surface area contributed by atoms with E-state index >= 15 is 0 Å². The Morgan fingerprint density at radius 3 is 2.79 bits per heavy atom. The number of hydrogen-bond donors (Lipinski definition) is 0. The van der Waals surface area contributed by atoms with E-state index < -0.39 is 0 Å². The number of rotatable bonds is 6. The number of aliphatic imine (C=N–C) groups is 1. The van der Waals surface area contributed by atoms with Crippen LogP contribution >= 0.6 is 34.5 Å². The zero-order valence-electron chi connectivity index (χ0n) is 18.8. The molecule has 4 aromatic rings. The minimum absolute atomic E-state index is 0.268. The molecule has 1 aliphatic rings. The number of aromatic nitrogens is 1. The maximum absolute atomic E-state index is 12.8. The van der Waals surface area contributed by atoms with Crippen LogP contribution in [0.15, 0.2) is 53.7 Å². The van der Waals surface area contributed by atoms with Crippen molar-refractivity contribution in [2.24, 2.45) is 4.99 Å². The van der Waals surface area contributed by atoms with Gasteiger partial charge in [0.15, 0.2) is 0 Å². The van der Waals surface area contributed by atoms with Crippen LogP contribution in [0, 0.1) is 0 Å². The molecular formula is C27H24Cl2N2O2S. The summed E-state index contributed by atoms with van der Waals surface area (Å²) in [5, 5.41) is 2.94. The predicted octanol–water partition coefficient (Wildman–Crippen LogP) is 7.86. The third-order valence-electron chi connectivity index (χ3n) is 6.11. The molecule has 0 bridgehead atoms. The highest BCUT2D eigenvalue weighted by atomic mass is 35.5. The highest BCUT2D eigenvalue weighted by Gasteiger charge is 2.26. The van der Waals surface area contributed by atoms with Crippen LogP contribution in [-0.2, 0) is 24.1 Å². The summed E-state index contributed by atoms with van der Waals surface area (Å²) in [4.78, 5) is 18.9. The standard InChI is InChI=1S/C27H24Cl2N2O2S/c1-2-33-27(32)25-20-8-4-6-10-24(20)34-26(25)30-14-18-16-31(23-9-5-3-7-19(18)23)15-17-11-12-21(28)22(29)13-17/h3,5,7,9,11-14,16H,2,4,6,8,10,15H2,1H3. The van der Waals surface area contributed by atoms with E-state index in [4.69, 9.17) is 32.9 Å². The topological polar surface area (TPSA) is 43.6 Å². The van der Waals surface area contributed by atoms with Crippen molar-refractivity contribution in [2.45, 2.75) is 39.2 Å². The Hall–Kier alpha value is -2.60. The molecule has 2 aromatic carbocycles. The summed E-state index contributed by atoms with van der Waals surface area (Å²) in [7, 11) is 0. The molecule has 0 atom stereocenters. The Bertz CT molecular complexity index is 1400. The normalized spacial score (nSPS) is 13.5. The number of fused-ring (bicyclic) bond motifs is 2. The van der Waals surface area contributed by atoms with Crippen molar-refractivity contribution in [2.75, 3.05) is 6.61 Å². The van der Waals surface area contributed by atoms with Crippen LogP contribution in [0.5, 0.6) is 0 Å². The van der Waals surface area contributed by atoms with Gasteiger partial charge in [0.2, 0.25) is 0 Å². The van der Waals surface area contributed by atoms with E-state index in [-0.39, 0.29) is 5.97 Å². The van der Waals surface area contributed by atoms with Crippen LogP contribution in [0.4, 0.5) is 5.00 Å². The summed E-state index contributed by atoms with van der Waals surface area (Å²) >= 11 is 13.9. The summed E-state index contributed by atoms with van der Waals surface area (Å²) in [6.45, 7) is 2.85. The second-order valence-corrected chi connectivity index (χ2v) is 10.2. The average Bonchev–Trinajstić information content (AvgIpc) is 3.38. The van der Waals surface area contributed by atoms with E-state index in [0.29, 0.717) is 28.8 Å². The lowest BCUT2D eigenvalue weighted by Crippen LogP contribution is -2.09. The number of halogens is 2. The molecule has 0 aliphatic heterocycles. The van der Waals surface area contributed by atoms with Crippen molar-refractivity contribution < 1.29 is 9.53 Å². The lowest BCUT2D eigenvalue weighted by atomic mass is 9.95. The van der Waals surface area contributed by atoms with Crippen molar-refractivity contribution in [3.05, 3.63) is 85.8 Å². The number of esters is 1. The van der Waals surface area contributed by atoms with Crippen LogP contribution in [0.1, 0.15) is 51.7 Å². The van der Waals surface area contributed by atoms with E-state index in [1.807, 2.05) is 43.5 Å². The maximum Gasteiger partial charge on any atom is 0.341 e. The number of benzene rings is 2. The van der Waals surface area contributed by atoms with Crippen LogP contribution < -0.4 is 0 Å². The van der Waals surface area contributed by atoms with E-state index in [0.717, 1.165) is 58.3 Å². The fraction of sp³-hybridized carbons (Fsp3) is 0.259. The maximum atomic E-state index is 12.8. The number of thiophene rings is 1. The first-order valence-electron chi connectivity index (χ1n) is 11.4. The molecule has 0 unspecified atom stereocenters. The number of para-hydroxylation sites is 1. The smallest absolute Gasteiger partial charge is 0.341 e. The summed E-state index contributed by atoms with van der Waals surface area (Å²) in [6.07, 6.45) is 8.13. The van der Waals surface area contributed by atoms with E-state index in [1.165, 1.54) is 4.88 Å². The van der Waals surface area contributed by atoms with Gasteiger partial charge in [-0.2, -0.15) is 0 Å². The van der Waals surface area contributed by atoms with Gasteiger partial charge in [-0.1, -0.05) is 47.5 Å².